The number of pyridine rings is 1. The minimum Gasteiger partial charge on any atom is -0.393 e. The van der Waals surface area contributed by atoms with Gasteiger partial charge in [-0.1, -0.05) is 18.2 Å². The molecule has 2 aromatic rings. The number of para-hydroxylation sites is 1. The van der Waals surface area contributed by atoms with Gasteiger partial charge in [0.2, 0.25) is 0 Å². The van der Waals surface area contributed by atoms with Gasteiger partial charge in [0.05, 0.1) is 23.1 Å². The van der Waals surface area contributed by atoms with Gasteiger partial charge in [0.15, 0.2) is 9.84 Å². The van der Waals surface area contributed by atoms with Crippen molar-refractivity contribution in [3.63, 3.8) is 0 Å². The van der Waals surface area contributed by atoms with Crippen LogP contribution in [0.3, 0.4) is 0 Å². The van der Waals surface area contributed by atoms with Crippen molar-refractivity contribution < 1.29 is 13.5 Å². The summed E-state index contributed by atoms with van der Waals surface area (Å²) in [5.74, 6) is 0.585. The van der Waals surface area contributed by atoms with Crippen LogP contribution in [0.4, 0.5) is 0 Å². The molecule has 1 aromatic heterocycles. The lowest BCUT2D eigenvalue weighted by Crippen LogP contribution is -2.17. The summed E-state index contributed by atoms with van der Waals surface area (Å²) in [6, 6.07) is 9.79. The molecule has 0 radical (unpaired) electrons. The molecular weight excluding hydrogens is 286 g/mol. The van der Waals surface area contributed by atoms with Crippen LogP contribution < -0.4 is 0 Å². The predicted octanol–water partition coefficient (Wildman–Crippen LogP) is 1.96. The summed E-state index contributed by atoms with van der Waals surface area (Å²) in [6.45, 7) is 0. The summed E-state index contributed by atoms with van der Waals surface area (Å²) < 4.78 is 22.9. The Bertz CT molecular complexity index is 737. The zero-order valence-corrected chi connectivity index (χ0v) is 12.6. The Hall–Kier alpha value is -1.46. The molecule has 112 valence electrons. The van der Waals surface area contributed by atoms with Crippen LogP contribution in [0.5, 0.6) is 0 Å². The molecule has 1 aliphatic heterocycles. The first-order valence-corrected chi connectivity index (χ1v) is 9.07. The number of aromatic nitrogens is 1. The van der Waals surface area contributed by atoms with E-state index in [1.807, 2.05) is 30.3 Å². The molecule has 1 aliphatic rings. The molecule has 0 bridgehead atoms. The molecule has 0 aliphatic carbocycles. The second kappa shape index (κ2) is 5.73. The highest BCUT2D eigenvalue weighted by atomic mass is 32.2. The van der Waals surface area contributed by atoms with Crippen LogP contribution in [-0.4, -0.2) is 36.1 Å². The summed E-state index contributed by atoms with van der Waals surface area (Å²) in [5.41, 5.74) is 1.99. The fraction of sp³-hybridized carbons (Fsp3) is 0.438. The van der Waals surface area contributed by atoms with E-state index in [0.717, 1.165) is 16.5 Å². The molecule has 5 heteroatoms. The molecule has 0 spiro atoms. The second-order valence-electron chi connectivity index (χ2n) is 5.85. The van der Waals surface area contributed by atoms with Crippen LogP contribution in [0.15, 0.2) is 36.5 Å². The number of rotatable bonds is 4. The lowest BCUT2D eigenvalue weighted by atomic mass is 9.95. The summed E-state index contributed by atoms with van der Waals surface area (Å²) in [5, 5.41) is 11.3. The number of sulfone groups is 1. The van der Waals surface area contributed by atoms with Gasteiger partial charge in [-0.05, 0) is 42.9 Å². The molecule has 2 atom stereocenters. The van der Waals surface area contributed by atoms with Crippen molar-refractivity contribution in [3.05, 3.63) is 42.1 Å². The smallest absolute Gasteiger partial charge is 0.150 e. The molecule has 1 N–H and O–H groups in total. The van der Waals surface area contributed by atoms with Crippen molar-refractivity contribution in [2.24, 2.45) is 5.92 Å². The number of aliphatic hydroxyl groups excluding tert-OH is 1. The summed E-state index contributed by atoms with van der Waals surface area (Å²) in [4.78, 5) is 4.31. The molecule has 0 amide bonds. The molecule has 0 saturated carbocycles. The average Bonchev–Trinajstić information content (AvgIpc) is 2.78. The number of fused-ring (bicyclic) bond motifs is 1. The summed E-state index contributed by atoms with van der Waals surface area (Å²) in [6.07, 6.45) is 3.02. The van der Waals surface area contributed by atoms with Gasteiger partial charge in [0.25, 0.3) is 0 Å². The maximum Gasteiger partial charge on any atom is 0.150 e. The number of benzene rings is 1. The molecule has 1 aromatic carbocycles. The van der Waals surface area contributed by atoms with Crippen LogP contribution in [0, 0.1) is 5.92 Å². The van der Waals surface area contributed by atoms with Gasteiger partial charge in [-0.3, -0.25) is 4.98 Å². The van der Waals surface area contributed by atoms with E-state index in [9.17, 15) is 13.5 Å². The zero-order chi connectivity index (χ0) is 14.9. The topological polar surface area (TPSA) is 67.3 Å². The first kappa shape index (κ1) is 14.5. The lowest BCUT2D eigenvalue weighted by molar-refractivity contribution is 0.147. The van der Waals surface area contributed by atoms with E-state index >= 15 is 0 Å². The number of nitrogens with zero attached hydrogens (tertiary/aromatic N) is 1. The fourth-order valence-electron chi connectivity index (χ4n) is 3.11. The van der Waals surface area contributed by atoms with Crippen molar-refractivity contribution in [1.82, 2.24) is 4.98 Å². The highest BCUT2D eigenvalue weighted by molar-refractivity contribution is 7.91. The van der Waals surface area contributed by atoms with E-state index in [1.165, 1.54) is 0 Å². The first-order valence-electron chi connectivity index (χ1n) is 7.24. The van der Waals surface area contributed by atoms with Crippen molar-refractivity contribution in [2.45, 2.75) is 25.4 Å². The van der Waals surface area contributed by atoms with Crippen LogP contribution in [0.25, 0.3) is 10.9 Å². The first-order chi connectivity index (χ1) is 10.0. The van der Waals surface area contributed by atoms with Crippen LogP contribution in [0.2, 0.25) is 0 Å². The molecule has 3 rings (SSSR count). The van der Waals surface area contributed by atoms with Gasteiger partial charge in [-0.25, -0.2) is 8.42 Å². The Balaban J connectivity index is 1.71. The highest BCUT2D eigenvalue weighted by Gasteiger charge is 2.29. The predicted molar refractivity (Wildman–Crippen MR) is 82.8 cm³/mol. The van der Waals surface area contributed by atoms with Crippen molar-refractivity contribution in [2.75, 3.05) is 11.5 Å². The Labute approximate surface area is 124 Å². The molecule has 2 heterocycles. The van der Waals surface area contributed by atoms with Crippen LogP contribution >= 0.6 is 0 Å². The molecule has 1 saturated heterocycles. The monoisotopic (exact) mass is 305 g/mol. The van der Waals surface area contributed by atoms with E-state index < -0.39 is 15.9 Å². The van der Waals surface area contributed by atoms with Crippen LogP contribution in [0.1, 0.15) is 18.4 Å². The Kier molecular flexibility index (Phi) is 3.95. The second-order valence-corrected chi connectivity index (χ2v) is 8.08. The number of aliphatic hydroxyl groups is 1. The van der Waals surface area contributed by atoms with Crippen LogP contribution in [-0.2, 0) is 16.3 Å². The minimum atomic E-state index is -2.87. The third-order valence-electron chi connectivity index (χ3n) is 4.13. The van der Waals surface area contributed by atoms with Gasteiger partial charge in [0, 0.05) is 11.6 Å². The molecule has 21 heavy (non-hydrogen) atoms. The third kappa shape index (κ3) is 3.41. The Morgan fingerprint density at radius 2 is 2.10 bits per heavy atom. The van der Waals surface area contributed by atoms with E-state index in [1.54, 1.807) is 6.20 Å². The fourth-order valence-corrected chi connectivity index (χ4v) is 4.99. The van der Waals surface area contributed by atoms with E-state index in [4.69, 9.17) is 0 Å². The maximum atomic E-state index is 11.5. The lowest BCUT2D eigenvalue weighted by Gasteiger charge is -2.15. The number of hydrogen-bond donors (Lipinski definition) is 1. The standard InChI is InChI=1S/C16H19NO3S/c18-14(9-12-6-8-21(19,20)11-12)10-13-5-7-17-16-4-2-1-3-15(13)16/h1-5,7,12,14,18H,6,8-11H2. The normalized spacial score (nSPS) is 22.4. The number of hydrogen-bond acceptors (Lipinski definition) is 4. The van der Waals surface area contributed by atoms with Gasteiger partial charge in [-0.15, -0.1) is 0 Å². The third-order valence-corrected chi connectivity index (χ3v) is 5.96. The van der Waals surface area contributed by atoms with E-state index in [2.05, 4.69) is 4.98 Å². The summed E-state index contributed by atoms with van der Waals surface area (Å²) in [7, 11) is -2.87. The Morgan fingerprint density at radius 3 is 2.86 bits per heavy atom. The molecule has 4 nitrogen and oxygen atoms in total. The van der Waals surface area contributed by atoms with Crippen molar-refractivity contribution in [3.8, 4) is 0 Å². The van der Waals surface area contributed by atoms with Gasteiger partial charge in [0.1, 0.15) is 0 Å². The zero-order valence-electron chi connectivity index (χ0n) is 11.8. The quantitative estimate of drug-likeness (QED) is 0.937. The Morgan fingerprint density at radius 1 is 1.29 bits per heavy atom. The molecule has 1 fully saturated rings. The summed E-state index contributed by atoms with van der Waals surface area (Å²) >= 11 is 0. The molecule has 2 unspecified atom stereocenters. The van der Waals surface area contributed by atoms with Crippen molar-refractivity contribution in [1.29, 1.82) is 0 Å². The average molecular weight is 305 g/mol. The van der Waals surface area contributed by atoms with E-state index in [0.29, 0.717) is 19.3 Å². The maximum absolute atomic E-state index is 11.5. The molecular formula is C16H19NO3S. The highest BCUT2D eigenvalue weighted by Crippen LogP contribution is 2.25. The largest absolute Gasteiger partial charge is 0.393 e. The van der Waals surface area contributed by atoms with Gasteiger partial charge in [-0.2, -0.15) is 0 Å². The minimum absolute atomic E-state index is 0.0955. The van der Waals surface area contributed by atoms with E-state index in [-0.39, 0.29) is 17.4 Å². The SMILES string of the molecule is O=S1(=O)CCC(CC(O)Cc2ccnc3ccccc23)C1. The van der Waals surface area contributed by atoms with Gasteiger partial charge >= 0.3 is 0 Å². The van der Waals surface area contributed by atoms with Gasteiger partial charge < -0.3 is 5.11 Å². The van der Waals surface area contributed by atoms with Crippen molar-refractivity contribution >= 4 is 20.7 Å².